The van der Waals surface area contributed by atoms with Gasteiger partial charge < -0.3 is 18.7 Å². The second-order valence-corrected chi connectivity index (χ2v) is 7.21. The number of sulfonamides is 1. The molecule has 0 unspecified atom stereocenters. The molecule has 0 atom stereocenters. The lowest BCUT2D eigenvalue weighted by Crippen LogP contribution is -2.22. The largest absolute Gasteiger partial charge is 0.455 e. The highest BCUT2D eigenvalue weighted by molar-refractivity contribution is 7.89. The number of hydrogen-bond donors (Lipinski definition) is 2. The van der Waals surface area contributed by atoms with Crippen LogP contribution in [0.5, 0.6) is 0 Å². The molecule has 0 aliphatic rings. The van der Waals surface area contributed by atoms with E-state index in [0.717, 1.165) is 5.56 Å². The van der Waals surface area contributed by atoms with E-state index in [1.54, 1.807) is 13.8 Å². The molecule has 9 nitrogen and oxygen atoms in total. The van der Waals surface area contributed by atoms with E-state index in [1.807, 2.05) is 0 Å². The summed E-state index contributed by atoms with van der Waals surface area (Å²) in [5.41, 5.74) is 1.47. The fourth-order valence-electron chi connectivity index (χ4n) is 2.19. The fraction of sp³-hybridized carbons (Fsp3) is 0.250. The minimum atomic E-state index is -3.91. The third-order valence-corrected chi connectivity index (χ3v) is 5.05. The number of nitrogens with one attached hydrogen (secondary N) is 2. The van der Waals surface area contributed by atoms with Crippen LogP contribution in [0, 0.1) is 13.8 Å². The van der Waals surface area contributed by atoms with Crippen molar-refractivity contribution in [1.82, 2.24) is 15.2 Å². The lowest BCUT2D eigenvalue weighted by molar-refractivity contribution is 0.0934. The quantitative estimate of drug-likeness (QED) is 0.670. The van der Waals surface area contributed by atoms with Gasteiger partial charge in [0.1, 0.15) is 5.76 Å². The summed E-state index contributed by atoms with van der Waals surface area (Å²) in [5, 5.41) is 5.97. The van der Waals surface area contributed by atoms with Crippen LogP contribution in [0.15, 0.2) is 42.7 Å². The van der Waals surface area contributed by atoms with Crippen molar-refractivity contribution in [2.75, 3.05) is 7.05 Å². The van der Waals surface area contributed by atoms with Gasteiger partial charge in [-0.15, -0.1) is 0 Å². The van der Waals surface area contributed by atoms with Crippen molar-refractivity contribution >= 4 is 15.9 Å². The Balaban J connectivity index is 1.74. The third-order valence-electron chi connectivity index (χ3n) is 3.78. The number of rotatable bonds is 6. The van der Waals surface area contributed by atoms with Gasteiger partial charge in [-0.05, 0) is 38.1 Å². The third kappa shape index (κ3) is 3.41. The molecule has 0 aliphatic carbocycles. The van der Waals surface area contributed by atoms with Crippen molar-refractivity contribution in [3.8, 4) is 11.5 Å². The molecule has 0 saturated carbocycles. The first-order chi connectivity index (χ1) is 12.3. The number of amides is 1. The number of carbonyl (C=O) groups is 1. The highest BCUT2D eigenvalue weighted by Gasteiger charge is 2.22. The molecule has 2 N–H and O–H groups in total. The summed E-state index contributed by atoms with van der Waals surface area (Å²) in [4.78, 5) is 11.4. The number of aromatic nitrogens is 1. The SMILES string of the molecule is CNC(=O)c1ccc(CNS(=O)(=O)c2ccc(-c3onc(C)c3C)o2)o1. The molecule has 0 spiro atoms. The van der Waals surface area contributed by atoms with Crippen LogP contribution in [-0.4, -0.2) is 26.5 Å². The van der Waals surface area contributed by atoms with Gasteiger partial charge in [0.2, 0.25) is 10.9 Å². The summed E-state index contributed by atoms with van der Waals surface area (Å²) in [5.74, 6) is 0.639. The molecular formula is C16H17N3O6S. The molecule has 3 rings (SSSR count). The number of aryl methyl sites for hydroxylation is 1. The van der Waals surface area contributed by atoms with Crippen LogP contribution in [0.1, 0.15) is 27.6 Å². The Hall–Kier alpha value is -2.85. The van der Waals surface area contributed by atoms with Crippen molar-refractivity contribution in [3.05, 3.63) is 47.0 Å². The Kier molecular flexibility index (Phi) is 4.70. The fourth-order valence-corrected chi connectivity index (χ4v) is 3.11. The van der Waals surface area contributed by atoms with Crippen molar-refractivity contribution in [2.24, 2.45) is 0 Å². The summed E-state index contributed by atoms with van der Waals surface area (Å²) < 4.78 is 42.9. The predicted octanol–water partition coefficient (Wildman–Crippen LogP) is 1.98. The number of furan rings is 2. The molecule has 0 saturated heterocycles. The highest BCUT2D eigenvalue weighted by Crippen LogP contribution is 2.28. The topological polar surface area (TPSA) is 128 Å². The Labute approximate surface area is 149 Å². The van der Waals surface area contributed by atoms with Crippen molar-refractivity contribution in [3.63, 3.8) is 0 Å². The van der Waals surface area contributed by atoms with E-state index in [4.69, 9.17) is 13.4 Å². The molecule has 138 valence electrons. The van der Waals surface area contributed by atoms with Crippen LogP contribution < -0.4 is 10.0 Å². The molecule has 0 fully saturated rings. The average Bonchev–Trinajstić information content (AvgIpc) is 3.34. The van der Waals surface area contributed by atoms with E-state index in [-0.39, 0.29) is 23.2 Å². The molecule has 26 heavy (non-hydrogen) atoms. The molecule has 0 aromatic carbocycles. The van der Waals surface area contributed by atoms with E-state index in [1.165, 1.54) is 31.3 Å². The van der Waals surface area contributed by atoms with E-state index in [2.05, 4.69) is 15.2 Å². The Morgan fingerprint density at radius 3 is 2.58 bits per heavy atom. The molecule has 0 aliphatic heterocycles. The zero-order valence-corrected chi connectivity index (χ0v) is 15.1. The first kappa shape index (κ1) is 18.0. The second-order valence-electron chi connectivity index (χ2n) is 5.51. The van der Waals surface area contributed by atoms with Gasteiger partial charge in [0, 0.05) is 12.6 Å². The molecule has 3 aromatic rings. The maximum absolute atomic E-state index is 12.4. The first-order valence-corrected chi connectivity index (χ1v) is 9.13. The Morgan fingerprint density at radius 2 is 1.92 bits per heavy atom. The summed E-state index contributed by atoms with van der Waals surface area (Å²) >= 11 is 0. The van der Waals surface area contributed by atoms with Crippen LogP contribution in [-0.2, 0) is 16.6 Å². The minimum absolute atomic E-state index is 0.0955. The standard InChI is InChI=1S/C16H17N3O6S/c1-9-10(2)19-25-15(9)12-6-7-14(24-12)26(21,22)18-8-11-4-5-13(23-11)16(20)17-3/h4-7,18H,8H2,1-3H3,(H,17,20). The summed E-state index contributed by atoms with van der Waals surface area (Å²) in [6.45, 7) is 3.45. The predicted molar refractivity (Wildman–Crippen MR) is 89.8 cm³/mol. The molecule has 1 amide bonds. The van der Waals surface area contributed by atoms with Crippen molar-refractivity contribution in [2.45, 2.75) is 25.5 Å². The van der Waals surface area contributed by atoms with Gasteiger partial charge in [-0.3, -0.25) is 4.79 Å². The highest BCUT2D eigenvalue weighted by atomic mass is 32.2. The van der Waals surface area contributed by atoms with Gasteiger partial charge >= 0.3 is 0 Å². The lowest BCUT2D eigenvalue weighted by atomic mass is 10.2. The van der Waals surface area contributed by atoms with Crippen LogP contribution >= 0.6 is 0 Å². The van der Waals surface area contributed by atoms with E-state index >= 15 is 0 Å². The number of hydrogen-bond acceptors (Lipinski definition) is 7. The van der Waals surface area contributed by atoms with Gasteiger partial charge in [-0.2, -0.15) is 0 Å². The second kappa shape index (κ2) is 6.81. The zero-order valence-electron chi connectivity index (χ0n) is 14.3. The molecule has 3 heterocycles. The van der Waals surface area contributed by atoms with Gasteiger partial charge in [0.25, 0.3) is 15.9 Å². The van der Waals surface area contributed by atoms with E-state index in [0.29, 0.717) is 17.2 Å². The minimum Gasteiger partial charge on any atom is -0.455 e. The molecule has 0 bridgehead atoms. The zero-order chi connectivity index (χ0) is 18.9. The average molecular weight is 379 g/mol. The smallest absolute Gasteiger partial charge is 0.286 e. The maximum Gasteiger partial charge on any atom is 0.286 e. The number of nitrogens with zero attached hydrogens (tertiary/aromatic N) is 1. The Morgan fingerprint density at radius 1 is 1.15 bits per heavy atom. The summed E-state index contributed by atoms with van der Waals surface area (Å²) in [6, 6.07) is 5.80. The summed E-state index contributed by atoms with van der Waals surface area (Å²) in [6.07, 6.45) is 0. The molecule has 3 aromatic heterocycles. The van der Waals surface area contributed by atoms with Crippen LogP contribution in [0.3, 0.4) is 0 Å². The molecular weight excluding hydrogens is 362 g/mol. The van der Waals surface area contributed by atoms with Crippen LogP contribution in [0.25, 0.3) is 11.5 Å². The van der Waals surface area contributed by atoms with Crippen LogP contribution in [0.2, 0.25) is 0 Å². The monoisotopic (exact) mass is 379 g/mol. The first-order valence-electron chi connectivity index (χ1n) is 7.65. The lowest BCUT2D eigenvalue weighted by Gasteiger charge is -2.02. The maximum atomic E-state index is 12.4. The van der Waals surface area contributed by atoms with Gasteiger partial charge in [0.05, 0.1) is 12.2 Å². The molecule has 0 radical (unpaired) electrons. The van der Waals surface area contributed by atoms with Crippen molar-refractivity contribution in [1.29, 1.82) is 0 Å². The summed E-state index contributed by atoms with van der Waals surface area (Å²) in [7, 11) is -2.44. The van der Waals surface area contributed by atoms with Gasteiger partial charge in [0.15, 0.2) is 11.5 Å². The van der Waals surface area contributed by atoms with Crippen molar-refractivity contribution < 1.29 is 26.6 Å². The van der Waals surface area contributed by atoms with Gasteiger partial charge in [-0.25, -0.2) is 13.1 Å². The van der Waals surface area contributed by atoms with Gasteiger partial charge in [-0.1, -0.05) is 5.16 Å². The van der Waals surface area contributed by atoms with E-state index in [9.17, 15) is 13.2 Å². The molecule has 10 heteroatoms. The van der Waals surface area contributed by atoms with Crippen LogP contribution in [0.4, 0.5) is 0 Å². The number of carbonyl (C=O) groups excluding carboxylic acids is 1. The van der Waals surface area contributed by atoms with E-state index < -0.39 is 15.9 Å². The Bertz CT molecular complexity index is 1040. The normalized spacial score (nSPS) is 11.7.